The predicted octanol–water partition coefficient (Wildman–Crippen LogP) is 15.3. The van der Waals surface area contributed by atoms with Gasteiger partial charge in [0.1, 0.15) is 30.5 Å². The second-order valence-corrected chi connectivity index (χ2v) is 20.4. The summed E-state index contributed by atoms with van der Waals surface area (Å²) in [7, 11) is 0. The summed E-state index contributed by atoms with van der Waals surface area (Å²) in [6.07, 6.45) is 55.2. The van der Waals surface area contributed by atoms with Crippen molar-refractivity contribution in [3.63, 3.8) is 0 Å². The molecule has 68 heavy (non-hydrogen) atoms. The van der Waals surface area contributed by atoms with Crippen LogP contribution in [0, 0.1) is 0 Å². The molecule has 1 aliphatic rings. The SMILES string of the molecule is CCCCCCCC/C=C\CCCCCCCCCCCC(=O)OC(COCCCCCCCCCCCCCCCC/C=C\CCCCCCCCCC)COC1OC(CO)C(O)C(O)C1O. The van der Waals surface area contributed by atoms with E-state index in [4.69, 9.17) is 18.9 Å². The summed E-state index contributed by atoms with van der Waals surface area (Å²) >= 11 is 0. The van der Waals surface area contributed by atoms with Gasteiger partial charge in [0.05, 0.1) is 19.8 Å². The lowest BCUT2D eigenvalue weighted by molar-refractivity contribution is -0.305. The molecule has 1 rings (SSSR count). The van der Waals surface area contributed by atoms with Crippen LogP contribution in [0.2, 0.25) is 0 Å². The largest absolute Gasteiger partial charge is 0.457 e. The van der Waals surface area contributed by atoms with Crippen molar-refractivity contribution >= 4 is 5.97 Å². The third-order valence-corrected chi connectivity index (χ3v) is 13.8. The zero-order valence-electron chi connectivity index (χ0n) is 44.6. The summed E-state index contributed by atoms with van der Waals surface area (Å²) in [6.45, 7) is 4.61. The Morgan fingerprint density at radius 3 is 1.19 bits per heavy atom. The van der Waals surface area contributed by atoms with Crippen molar-refractivity contribution in [1.82, 2.24) is 0 Å². The monoisotopic (exact) mass is 965 g/mol. The van der Waals surface area contributed by atoms with Gasteiger partial charge >= 0.3 is 5.97 Å². The molecule has 6 unspecified atom stereocenters. The van der Waals surface area contributed by atoms with Crippen LogP contribution < -0.4 is 0 Å². The van der Waals surface area contributed by atoms with Crippen molar-refractivity contribution in [1.29, 1.82) is 0 Å². The van der Waals surface area contributed by atoms with E-state index in [1.54, 1.807) is 0 Å². The minimum Gasteiger partial charge on any atom is -0.457 e. The summed E-state index contributed by atoms with van der Waals surface area (Å²) < 4.78 is 23.0. The van der Waals surface area contributed by atoms with E-state index in [1.807, 2.05) is 0 Å². The Morgan fingerprint density at radius 2 is 0.809 bits per heavy atom. The molecule has 6 atom stereocenters. The fourth-order valence-corrected chi connectivity index (χ4v) is 9.25. The van der Waals surface area contributed by atoms with Crippen LogP contribution in [0.3, 0.4) is 0 Å². The maximum Gasteiger partial charge on any atom is 0.306 e. The molecule has 0 aliphatic carbocycles. The fraction of sp³-hybridized carbons (Fsp3) is 0.915. The second kappa shape index (κ2) is 50.6. The van der Waals surface area contributed by atoms with Gasteiger partial charge in [0, 0.05) is 13.0 Å². The zero-order valence-corrected chi connectivity index (χ0v) is 44.6. The number of rotatable bonds is 52. The molecule has 0 aromatic heterocycles. The first-order valence-corrected chi connectivity index (χ1v) is 29.4. The molecule has 0 spiro atoms. The molecule has 0 bridgehead atoms. The van der Waals surface area contributed by atoms with E-state index in [0.717, 1.165) is 32.1 Å². The number of unbranched alkanes of at least 4 members (excludes halogenated alkanes) is 37. The van der Waals surface area contributed by atoms with Gasteiger partial charge in [0.2, 0.25) is 0 Å². The zero-order chi connectivity index (χ0) is 49.2. The fourth-order valence-electron chi connectivity index (χ4n) is 9.25. The highest BCUT2D eigenvalue weighted by molar-refractivity contribution is 5.69. The smallest absolute Gasteiger partial charge is 0.306 e. The normalized spacial score (nSPS) is 19.2. The van der Waals surface area contributed by atoms with Gasteiger partial charge in [0.25, 0.3) is 0 Å². The maximum absolute atomic E-state index is 12.9. The highest BCUT2D eigenvalue weighted by Gasteiger charge is 2.44. The van der Waals surface area contributed by atoms with Gasteiger partial charge in [-0.2, -0.15) is 0 Å². The van der Waals surface area contributed by atoms with Gasteiger partial charge in [-0.15, -0.1) is 0 Å². The van der Waals surface area contributed by atoms with Crippen LogP contribution >= 0.6 is 0 Å². The van der Waals surface area contributed by atoms with Crippen LogP contribution in [-0.4, -0.2) is 89.6 Å². The summed E-state index contributed by atoms with van der Waals surface area (Å²) in [5.74, 6) is -0.310. The predicted molar refractivity (Wildman–Crippen MR) is 284 cm³/mol. The first kappa shape index (κ1) is 64.7. The molecule has 4 N–H and O–H groups in total. The second-order valence-electron chi connectivity index (χ2n) is 20.4. The minimum absolute atomic E-state index is 0.110. The Labute approximate surface area is 419 Å². The summed E-state index contributed by atoms with van der Waals surface area (Å²) in [5.41, 5.74) is 0. The summed E-state index contributed by atoms with van der Waals surface area (Å²) in [5, 5.41) is 40.3. The number of carbonyl (C=O) groups is 1. The third-order valence-electron chi connectivity index (χ3n) is 13.8. The van der Waals surface area contributed by atoms with Crippen LogP contribution in [0.25, 0.3) is 0 Å². The van der Waals surface area contributed by atoms with Crippen molar-refractivity contribution in [2.75, 3.05) is 26.4 Å². The molecular weight excluding hydrogens is 853 g/mol. The Morgan fingerprint density at radius 1 is 0.456 bits per heavy atom. The van der Waals surface area contributed by atoms with Crippen LogP contribution in [0.4, 0.5) is 0 Å². The summed E-state index contributed by atoms with van der Waals surface area (Å²) in [6, 6.07) is 0. The van der Waals surface area contributed by atoms with Gasteiger partial charge in [-0.05, 0) is 64.2 Å². The molecule has 1 fully saturated rings. The number of esters is 1. The average Bonchev–Trinajstić information content (AvgIpc) is 3.34. The Balaban J connectivity index is 2.12. The number of ether oxygens (including phenoxy) is 4. The molecule has 1 aliphatic heterocycles. The van der Waals surface area contributed by atoms with E-state index in [0.29, 0.717) is 13.0 Å². The molecular formula is C59H112O9. The van der Waals surface area contributed by atoms with E-state index in [-0.39, 0.29) is 19.2 Å². The lowest BCUT2D eigenvalue weighted by atomic mass is 9.99. The molecule has 0 aromatic rings. The number of aliphatic hydroxyl groups is 4. The highest BCUT2D eigenvalue weighted by atomic mass is 16.7. The molecule has 1 saturated heterocycles. The molecule has 0 amide bonds. The van der Waals surface area contributed by atoms with Crippen LogP contribution in [0.5, 0.6) is 0 Å². The lowest BCUT2D eigenvalue weighted by Crippen LogP contribution is -2.59. The molecule has 1 heterocycles. The van der Waals surface area contributed by atoms with Gasteiger partial charge in [-0.25, -0.2) is 0 Å². The molecule has 0 radical (unpaired) electrons. The average molecular weight is 966 g/mol. The summed E-state index contributed by atoms with van der Waals surface area (Å²) in [4.78, 5) is 12.9. The number of allylic oxidation sites excluding steroid dienone is 4. The first-order chi connectivity index (χ1) is 33.4. The van der Waals surface area contributed by atoms with Crippen molar-refractivity contribution in [3.8, 4) is 0 Å². The highest BCUT2D eigenvalue weighted by Crippen LogP contribution is 2.23. The van der Waals surface area contributed by atoms with Gasteiger partial charge in [-0.1, -0.05) is 237 Å². The number of hydrogen-bond donors (Lipinski definition) is 4. The first-order valence-electron chi connectivity index (χ1n) is 29.4. The number of hydrogen-bond acceptors (Lipinski definition) is 9. The number of carbonyl (C=O) groups excluding carboxylic acids is 1. The van der Waals surface area contributed by atoms with E-state index >= 15 is 0 Å². The van der Waals surface area contributed by atoms with Crippen molar-refractivity contribution in [2.24, 2.45) is 0 Å². The Bertz CT molecular complexity index is 1100. The molecule has 0 saturated carbocycles. The van der Waals surface area contributed by atoms with Crippen molar-refractivity contribution in [2.45, 2.75) is 320 Å². The quantitative estimate of drug-likeness (QED) is 0.0267. The molecule has 0 aromatic carbocycles. The van der Waals surface area contributed by atoms with Crippen LogP contribution in [0.15, 0.2) is 24.3 Å². The van der Waals surface area contributed by atoms with Gasteiger partial charge in [-0.3, -0.25) is 4.79 Å². The van der Waals surface area contributed by atoms with Crippen molar-refractivity contribution in [3.05, 3.63) is 24.3 Å². The van der Waals surface area contributed by atoms with Crippen LogP contribution in [0.1, 0.15) is 284 Å². The number of aliphatic hydroxyl groups excluding tert-OH is 4. The molecule has 9 nitrogen and oxygen atoms in total. The Kier molecular flexibility index (Phi) is 48.1. The molecule has 402 valence electrons. The lowest BCUT2D eigenvalue weighted by Gasteiger charge is -2.39. The minimum atomic E-state index is -1.54. The van der Waals surface area contributed by atoms with E-state index in [1.165, 1.54) is 231 Å². The van der Waals surface area contributed by atoms with E-state index < -0.39 is 43.4 Å². The standard InChI is InChI=1S/C59H112O9/c1-3-5-7-9-11-13-15-17-19-21-23-24-25-26-27-28-29-31-33-35-37-39-41-43-45-47-49-65-51-53(52-66-59-58(64)57(63)56(62)54(50-60)68-59)67-55(61)48-46-44-42-40-38-36-34-32-30-22-20-18-16-14-12-10-8-6-4-2/h18,20-21,23,53-54,56-60,62-64H,3-17,19,22,24-52H2,1-2H3/b20-18-,23-21-. The van der Waals surface area contributed by atoms with Gasteiger partial charge in [0.15, 0.2) is 6.29 Å². The Hall–Kier alpha value is -1.33. The van der Waals surface area contributed by atoms with E-state index in [2.05, 4.69) is 38.2 Å². The van der Waals surface area contributed by atoms with Crippen LogP contribution in [-0.2, 0) is 23.7 Å². The van der Waals surface area contributed by atoms with Gasteiger partial charge < -0.3 is 39.4 Å². The topological polar surface area (TPSA) is 135 Å². The third kappa shape index (κ3) is 40.3. The van der Waals surface area contributed by atoms with E-state index in [9.17, 15) is 25.2 Å². The molecule has 9 heteroatoms. The van der Waals surface area contributed by atoms with Crippen molar-refractivity contribution < 1.29 is 44.2 Å². The maximum atomic E-state index is 12.9.